The maximum absolute atomic E-state index is 12.6. The Labute approximate surface area is 213 Å². The molecule has 9 nitrogen and oxygen atoms in total. The number of amides is 1. The first-order valence-electron chi connectivity index (χ1n) is 11.5. The number of aromatic nitrogens is 2. The van der Waals surface area contributed by atoms with E-state index in [0.717, 1.165) is 11.3 Å². The number of rotatable bonds is 9. The molecule has 4 rings (SSSR count). The minimum absolute atomic E-state index is 0.273. The van der Waals surface area contributed by atoms with Gasteiger partial charge in [-0.05, 0) is 73.2 Å². The van der Waals surface area contributed by atoms with E-state index in [0.29, 0.717) is 22.5 Å². The number of methoxy groups -OCH3 is 1. The third-order valence-electron chi connectivity index (χ3n) is 5.35. The summed E-state index contributed by atoms with van der Waals surface area (Å²) in [5, 5.41) is 7.06. The number of ether oxygens (including phenoxy) is 3. The molecular formula is C28H25N3O6. The summed E-state index contributed by atoms with van der Waals surface area (Å²) in [4.78, 5) is 36.8. The van der Waals surface area contributed by atoms with Crippen LogP contribution in [-0.4, -0.2) is 35.4 Å². The Kier molecular flexibility index (Phi) is 7.95. The van der Waals surface area contributed by atoms with Crippen LogP contribution in [0.25, 0.3) is 5.69 Å². The number of carbonyl (C=O) groups is 2. The van der Waals surface area contributed by atoms with E-state index >= 15 is 0 Å². The molecule has 188 valence electrons. The molecule has 0 unspecified atom stereocenters. The Morgan fingerprint density at radius 2 is 1.54 bits per heavy atom. The normalized spacial score (nSPS) is 10.4. The molecule has 0 bridgehead atoms. The van der Waals surface area contributed by atoms with E-state index < -0.39 is 5.97 Å². The lowest BCUT2D eigenvalue weighted by Crippen LogP contribution is -2.20. The third-order valence-corrected chi connectivity index (χ3v) is 5.35. The van der Waals surface area contributed by atoms with Crippen molar-refractivity contribution in [3.8, 4) is 17.3 Å². The molecule has 1 amide bonds. The Hall–Kier alpha value is -4.92. The summed E-state index contributed by atoms with van der Waals surface area (Å²) in [5.74, 6) is 0.269. The van der Waals surface area contributed by atoms with Gasteiger partial charge in [0.1, 0.15) is 12.4 Å². The smallest absolute Gasteiger partial charge is 0.338 e. The number of carbonyl (C=O) groups excluding carboxylic acids is 2. The van der Waals surface area contributed by atoms with Crippen LogP contribution in [0.15, 0.2) is 89.7 Å². The quantitative estimate of drug-likeness (QED) is 0.343. The summed E-state index contributed by atoms with van der Waals surface area (Å²) in [5.41, 5.74) is 2.38. The molecule has 0 radical (unpaired) electrons. The summed E-state index contributed by atoms with van der Waals surface area (Å²) in [6.07, 6.45) is 0. The largest absolute Gasteiger partial charge is 0.497 e. The highest BCUT2D eigenvalue weighted by Crippen LogP contribution is 2.16. The number of benzene rings is 3. The van der Waals surface area contributed by atoms with E-state index in [1.54, 1.807) is 62.6 Å². The van der Waals surface area contributed by atoms with Crippen LogP contribution < -0.4 is 20.3 Å². The Morgan fingerprint density at radius 1 is 0.865 bits per heavy atom. The third kappa shape index (κ3) is 6.40. The van der Waals surface area contributed by atoms with Gasteiger partial charge in [-0.2, -0.15) is 4.68 Å². The molecule has 37 heavy (non-hydrogen) atoms. The van der Waals surface area contributed by atoms with Crippen molar-refractivity contribution < 1.29 is 23.8 Å². The summed E-state index contributed by atoms with van der Waals surface area (Å²) in [6.45, 7) is 2.30. The van der Waals surface area contributed by atoms with Crippen molar-refractivity contribution in [3.05, 3.63) is 112 Å². The second kappa shape index (κ2) is 11.7. The predicted molar refractivity (Wildman–Crippen MR) is 138 cm³/mol. The predicted octanol–water partition coefficient (Wildman–Crippen LogP) is 4.25. The van der Waals surface area contributed by atoms with Gasteiger partial charge < -0.3 is 19.5 Å². The lowest BCUT2D eigenvalue weighted by Gasteiger charge is -2.10. The molecule has 0 atom stereocenters. The summed E-state index contributed by atoms with van der Waals surface area (Å²) in [6, 6.07) is 23.2. The van der Waals surface area contributed by atoms with Crippen LogP contribution in [0.4, 0.5) is 5.69 Å². The fourth-order valence-corrected chi connectivity index (χ4v) is 3.40. The fourth-order valence-electron chi connectivity index (χ4n) is 3.40. The van der Waals surface area contributed by atoms with Crippen LogP contribution in [0.1, 0.15) is 33.2 Å². The number of nitrogens with one attached hydrogen (secondary N) is 1. The minimum Gasteiger partial charge on any atom is -0.497 e. The highest BCUT2D eigenvalue weighted by Gasteiger charge is 2.10. The van der Waals surface area contributed by atoms with E-state index in [1.165, 1.54) is 16.8 Å². The second-order valence-corrected chi connectivity index (χ2v) is 7.86. The standard InChI is InChI=1S/C28H25N3O6/c1-3-36-28(34)21-6-10-22(11-7-21)29-27(33)20-8-12-23(13-9-20)31-26(32)17-16-25(30-31)37-18-19-4-14-24(35-2)15-5-19/h4-17H,3,18H2,1-2H3,(H,29,33). The molecule has 9 heteroatoms. The van der Waals surface area contributed by atoms with Gasteiger partial charge in [-0.25, -0.2) is 4.79 Å². The van der Waals surface area contributed by atoms with Crippen LogP contribution in [0.5, 0.6) is 11.6 Å². The molecule has 1 aromatic heterocycles. The molecule has 0 saturated heterocycles. The maximum Gasteiger partial charge on any atom is 0.338 e. The summed E-state index contributed by atoms with van der Waals surface area (Å²) >= 11 is 0. The van der Waals surface area contributed by atoms with Gasteiger partial charge in [-0.1, -0.05) is 12.1 Å². The molecule has 0 fully saturated rings. The van der Waals surface area contributed by atoms with Crippen LogP contribution in [0.3, 0.4) is 0 Å². The Morgan fingerprint density at radius 3 is 2.19 bits per heavy atom. The van der Waals surface area contributed by atoms with Crippen LogP contribution in [0.2, 0.25) is 0 Å². The molecule has 0 aliphatic carbocycles. The number of nitrogens with zero attached hydrogens (tertiary/aromatic N) is 2. The number of hydrogen-bond acceptors (Lipinski definition) is 7. The molecule has 3 aromatic carbocycles. The van der Waals surface area contributed by atoms with Crippen LogP contribution >= 0.6 is 0 Å². The zero-order valence-electron chi connectivity index (χ0n) is 20.3. The van der Waals surface area contributed by atoms with E-state index in [-0.39, 0.29) is 30.6 Å². The Bertz CT molecular complexity index is 1430. The molecule has 4 aromatic rings. The Balaban J connectivity index is 1.41. The van der Waals surface area contributed by atoms with E-state index in [2.05, 4.69) is 10.4 Å². The lowest BCUT2D eigenvalue weighted by atomic mass is 10.1. The highest BCUT2D eigenvalue weighted by atomic mass is 16.5. The van der Waals surface area contributed by atoms with Gasteiger partial charge in [-0.3, -0.25) is 9.59 Å². The molecule has 0 saturated carbocycles. The van der Waals surface area contributed by atoms with Gasteiger partial charge in [0.25, 0.3) is 11.5 Å². The van der Waals surface area contributed by atoms with Gasteiger partial charge in [0.2, 0.25) is 5.88 Å². The SMILES string of the molecule is CCOC(=O)c1ccc(NC(=O)c2ccc(-n3nc(OCc4ccc(OC)cc4)ccc3=O)cc2)cc1. The van der Waals surface area contributed by atoms with Gasteiger partial charge in [-0.15, -0.1) is 5.10 Å². The van der Waals surface area contributed by atoms with Crippen LogP contribution in [0, 0.1) is 0 Å². The van der Waals surface area contributed by atoms with E-state index in [4.69, 9.17) is 14.2 Å². The van der Waals surface area contributed by atoms with Crippen molar-refractivity contribution >= 4 is 17.6 Å². The van der Waals surface area contributed by atoms with Crippen LogP contribution in [-0.2, 0) is 11.3 Å². The van der Waals surface area contributed by atoms with Gasteiger partial charge in [0.15, 0.2) is 0 Å². The van der Waals surface area contributed by atoms with Gasteiger partial charge in [0, 0.05) is 23.4 Å². The van der Waals surface area contributed by atoms with Crippen molar-refractivity contribution in [2.45, 2.75) is 13.5 Å². The number of anilines is 1. The first kappa shape index (κ1) is 25.2. The average Bonchev–Trinajstić information content (AvgIpc) is 2.93. The fraction of sp³-hybridized carbons (Fsp3) is 0.143. The van der Waals surface area contributed by atoms with Crippen molar-refractivity contribution in [1.29, 1.82) is 0 Å². The second-order valence-electron chi connectivity index (χ2n) is 7.86. The molecule has 1 heterocycles. The molecule has 0 aliphatic heterocycles. The van der Waals surface area contributed by atoms with E-state index in [1.807, 2.05) is 24.3 Å². The topological polar surface area (TPSA) is 109 Å². The molecule has 0 spiro atoms. The lowest BCUT2D eigenvalue weighted by molar-refractivity contribution is 0.0526. The molecule has 1 N–H and O–H groups in total. The number of esters is 1. The maximum atomic E-state index is 12.6. The summed E-state index contributed by atoms with van der Waals surface area (Å²) < 4.78 is 17.1. The van der Waals surface area contributed by atoms with Crippen molar-refractivity contribution in [2.24, 2.45) is 0 Å². The molecule has 0 aliphatic rings. The van der Waals surface area contributed by atoms with Gasteiger partial charge in [0.05, 0.1) is 25.0 Å². The zero-order chi connectivity index (χ0) is 26.2. The molecular weight excluding hydrogens is 474 g/mol. The minimum atomic E-state index is -0.421. The zero-order valence-corrected chi connectivity index (χ0v) is 20.3. The van der Waals surface area contributed by atoms with E-state index in [9.17, 15) is 14.4 Å². The van der Waals surface area contributed by atoms with Crippen molar-refractivity contribution in [2.75, 3.05) is 19.0 Å². The van der Waals surface area contributed by atoms with Crippen molar-refractivity contribution in [3.63, 3.8) is 0 Å². The number of hydrogen-bond donors (Lipinski definition) is 1. The monoisotopic (exact) mass is 499 g/mol. The average molecular weight is 500 g/mol. The van der Waals surface area contributed by atoms with Crippen molar-refractivity contribution in [1.82, 2.24) is 9.78 Å². The van der Waals surface area contributed by atoms with Gasteiger partial charge >= 0.3 is 5.97 Å². The first-order chi connectivity index (χ1) is 18.0. The first-order valence-corrected chi connectivity index (χ1v) is 11.5. The highest BCUT2D eigenvalue weighted by molar-refractivity contribution is 6.04. The summed E-state index contributed by atoms with van der Waals surface area (Å²) in [7, 11) is 1.60.